The normalized spacial score (nSPS) is 21.5. The monoisotopic (exact) mass is 323 g/mol. The zero-order chi connectivity index (χ0) is 17.1. The molecular formula is C20H37NO2. The molecule has 3 heteroatoms. The molecule has 0 aliphatic heterocycles. The second-order valence-electron chi connectivity index (χ2n) is 7.33. The van der Waals surface area contributed by atoms with Crippen molar-refractivity contribution in [2.75, 3.05) is 13.2 Å². The molecule has 4 N–H and O–H groups in total. The SMILES string of the molecule is CCCCCCCCC1=CC=CC(C)C1CCC(N)(CO)CO. The van der Waals surface area contributed by atoms with Crippen molar-refractivity contribution in [1.82, 2.24) is 0 Å². The molecule has 2 unspecified atom stereocenters. The zero-order valence-corrected chi connectivity index (χ0v) is 15.1. The van der Waals surface area contributed by atoms with Crippen LogP contribution >= 0.6 is 0 Å². The van der Waals surface area contributed by atoms with Crippen LogP contribution in [0.5, 0.6) is 0 Å². The Bertz CT molecular complexity index is 372. The van der Waals surface area contributed by atoms with Crippen molar-refractivity contribution in [2.24, 2.45) is 17.6 Å². The van der Waals surface area contributed by atoms with Crippen LogP contribution in [0.4, 0.5) is 0 Å². The Kier molecular flexibility index (Phi) is 9.77. The second kappa shape index (κ2) is 11.0. The zero-order valence-electron chi connectivity index (χ0n) is 15.1. The summed E-state index contributed by atoms with van der Waals surface area (Å²) in [6.45, 7) is 4.20. The molecule has 1 rings (SSSR count). The molecule has 0 saturated carbocycles. The summed E-state index contributed by atoms with van der Waals surface area (Å²) in [5.41, 5.74) is 6.72. The maximum Gasteiger partial charge on any atom is 0.0633 e. The summed E-state index contributed by atoms with van der Waals surface area (Å²) in [6, 6.07) is 0. The summed E-state index contributed by atoms with van der Waals surface area (Å²) in [5.74, 6) is 1.01. The molecule has 0 fully saturated rings. The number of nitrogens with two attached hydrogens (primary N) is 1. The van der Waals surface area contributed by atoms with Gasteiger partial charge in [-0.2, -0.15) is 0 Å². The van der Waals surface area contributed by atoms with Gasteiger partial charge in [0.2, 0.25) is 0 Å². The molecule has 23 heavy (non-hydrogen) atoms. The van der Waals surface area contributed by atoms with Gasteiger partial charge in [0.25, 0.3) is 0 Å². The second-order valence-corrected chi connectivity index (χ2v) is 7.33. The van der Waals surface area contributed by atoms with Crippen LogP contribution in [0.25, 0.3) is 0 Å². The van der Waals surface area contributed by atoms with Crippen LogP contribution in [-0.4, -0.2) is 29.0 Å². The van der Waals surface area contributed by atoms with Gasteiger partial charge in [0.05, 0.1) is 18.8 Å². The molecule has 1 aliphatic rings. The highest BCUT2D eigenvalue weighted by Gasteiger charge is 2.28. The maximum atomic E-state index is 9.38. The van der Waals surface area contributed by atoms with Gasteiger partial charge >= 0.3 is 0 Å². The average molecular weight is 324 g/mol. The molecular weight excluding hydrogens is 286 g/mol. The first-order chi connectivity index (χ1) is 11.1. The number of unbranched alkanes of at least 4 members (excludes halogenated alkanes) is 5. The summed E-state index contributed by atoms with van der Waals surface area (Å²) >= 11 is 0. The van der Waals surface area contributed by atoms with E-state index in [-0.39, 0.29) is 13.2 Å². The molecule has 0 saturated heterocycles. The first-order valence-corrected chi connectivity index (χ1v) is 9.44. The van der Waals surface area contributed by atoms with E-state index < -0.39 is 5.54 Å². The number of hydrogen-bond acceptors (Lipinski definition) is 3. The third kappa shape index (κ3) is 7.19. The Morgan fingerprint density at radius 3 is 2.39 bits per heavy atom. The van der Waals surface area contributed by atoms with Crippen molar-refractivity contribution < 1.29 is 10.2 Å². The molecule has 2 atom stereocenters. The molecule has 1 aliphatic carbocycles. The van der Waals surface area contributed by atoms with Gasteiger partial charge in [0.15, 0.2) is 0 Å². The van der Waals surface area contributed by atoms with Crippen LogP contribution in [0, 0.1) is 11.8 Å². The van der Waals surface area contributed by atoms with E-state index in [1.807, 2.05) is 0 Å². The lowest BCUT2D eigenvalue weighted by Gasteiger charge is -2.32. The smallest absolute Gasteiger partial charge is 0.0633 e. The number of aliphatic hydroxyl groups excluding tert-OH is 2. The summed E-state index contributed by atoms with van der Waals surface area (Å²) in [6.07, 6.45) is 17.4. The molecule has 0 aromatic heterocycles. The summed E-state index contributed by atoms with van der Waals surface area (Å²) in [4.78, 5) is 0. The van der Waals surface area contributed by atoms with Crippen molar-refractivity contribution in [2.45, 2.75) is 77.2 Å². The Morgan fingerprint density at radius 1 is 1.09 bits per heavy atom. The molecule has 0 heterocycles. The quantitative estimate of drug-likeness (QED) is 0.476. The van der Waals surface area contributed by atoms with Crippen molar-refractivity contribution >= 4 is 0 Å². The molecule has 134 valence electrons. The molecule has 0 aromatic rings. The molecule has 0 bridgehead atoms. The van der Waals surface area contributed by atoms with Crippen molar-refractivity contribution in [3.8, 4) is 0 Å². The fourth-order valence-corrected chi connectivity index (χ4v) is 3.43. The number of aliphatic hydroxyl groups is 2. The largest absolute Gasteiger partial charge is 0.394 e. The molecule has 3 nitrogen and oxygen atoms in total. The van der Waals surface area contributed by atoms with Gasteiger partial charge in [-0.25, -0.2) is 0 Å². The average Bonchev–Trinajstić information content (AvgIpc) is 2.57. The third-order valence-corrected chi connectivity index (χ3v) is 5.24. The van der Waals surface area contributed by atoms with E-state index in [1.54, 1.807) is 0 Å². The summed E-state index contributed by atoms with van der Waals surface area (Å²) in [7, 11) is 0. The van der Waals surface area contributed by atoms with Crippen LogP contribution in [0.2, 0.25) is 0 Å². The van der Waals surface area contributed by atoms with Crippen LogP contribution < -0.4 is 5.73 Å². The van der Waals surface area contributed by atoms with Gasteiger partial charge in [0, 0.05) is 0 Å². The molecule has 0 radical (unpaired) electrons. The Morgan fingerprint density at radius 2 is 1.74 bits per heavy atom. The topological polar surface area (TPSA) is 66.5 Å². The first kappa shape index (κ1) is 20.4. The molecule has 0 aromatic carbocycles. The fourth-order valence-electron chi connectivity index (χ4n) is 3.43. The van der Waals surface area contributed by atoms with E-state index in [4.69, 9.17) is 5.73 Å². The lowest BCUT2D eigenvalue weighted by atomic mass is 9.76. The lowest BCUT2D eigenvalue weighted by molar-refractivity contribution is 0.108. The van der Waals surface area contributed by atoms with Crippen molar-refractivity contribution in [3.05, 3.63) is 23.8 Å². The summed E-state index contributed by atoms with van der Waals surface area (Å²) < 4.78 is 0. The molecule has 0 amide bonds. The Hall–Kier alpha value is -0.640. The van der Waals surface area contributed by atoms with Crippen LogP contribution in [0.3, 0.4) is 0 Å². The minimum atomic E-state index is -0.841. The van der Waals surface area contributed by atoms with E-state index in [9.17, 15) is 10.2 Å². The highest BCUT2D eigenvalue weighted by atomic mass is 16.3. The van der Waals surface area contributed by atoms with Crippen molar-refractivity contribution in [1.29, 1.82) is 0 Å². The van der Waals surface area contributed by atoms with Crippen LogP contribution in [-0.2, 0) is 0 Å². The van der Waals surface area contributed by atoms with E-state index in [0.717, 1.165) is 6.42 Å². The fraction of sp³-hybridized carbons (Fsp3) is 0.800. The first-order valence-electron chi connectivity index (χ1n) is 9.44. The minimum Gasteiger partial charge on any atom is -0.394 e. The summed E-state index contributed by atoms with van der Waals surface area (Å²) in [5, 5.41) is 18.8. The van der Waals surface area contributed by atoms with E-state index >= 15 is 0 Å². The number of rotatable bonds is 12. The minimum absolute atomic E-state index is 0.156. The van der Waals surface area contributed by atoms with Gasteiger partial charge in [-0.15, -0.1) is 0 Å². The van der Waals surface area contributed by atoms with E-state index in [1.165, 1.54) is 50.5 Å². The van der Waals surface area contributed by atoms with Gasteiger partial charge in [-0.1, -0.05) is 69.8 Å². The Labute approximate surface area is 142 Å². The van der Waals surface area contributed by atoms with Crippen LogP contribution in [0.1, 0.15) is 71.6 Å². The predicted molar refractivity (Wildman–Crippen MR) is 98.2 cm³/mol. The highest BCUT2D eigenvalue weighted by molar-refractivity contribution is 5.23. The van der Waals surface area contributed by atoms with E-state index in [2.05, 4.69) is 32.1 Å². The van der Waals surface area contributed by atoms with E-state index in [0.29, 0.717) is 18.3 Å². The maximum absolute atomic E-state index is 9.38. The van der Waals surface area contributed by atoms with Gasteiger partial charge < -0.3 is 15.9 Å². The van der Waals surface area contributed by atoms with Gasteiger partial charge in [-0.05, 0) is 37.5 Å². The van der Waals surface area contributed by atoms with Gasteiger partial charge in [-0.3, -0.25) is 0 Å². The lowest BCUT2D eigenvalue weighted by Crippen LogP contribution is -2.47. The van der Waals surface area contributed by atoms with Gasteiger partial charge in [0.1, 0.15) is 0 Å². The highest BCUT2D eigenvalue weighted by Crippen LogP contribution is 2.34. The number of hydrogen-bond donors (Lipinski definition) is 3. The predicted octanol–water partition coefficient (Wildman–Crippen LogP) is 3.95. The Balaban J connectivity index is 2.45. The standard InChI is InChI=1S/C20H37NO2/c1-3-4-5-6-7-8-11-18-12-9-10-17(2)19(18)13-14-20(21,15-22)16-23/h9-10,12,17,19,22-23H,3-8,11,13-16,21H2,1-2H3. The third-order valence-electron chi connectivity index (χ3n) is 5.24. The van der Waals surface area contributed by atoms with Crippen LogP contribution in [0.15, 0.2) is 23.8 Å². The van der Waals surface area contributed by atoms with Crippen molar-refractivity contribution in [3.63, 3.8) is 0 Å². The number of allylic oxidation sites excluding steroid dienone is 4. The molecule has 0 spiro atoms.